The average molecular weight is 651 g/mol. The number of aromatic nitrogens is 2. The number of ether oxygens (including phenoxy) is 2. The van der Waals surface area contributed by atoms with Crippen LogP contribution < -0.4 is 19.6 Å². The summed E-state index contributed by atoms with van der Waals surface area (Å²) in [5.74, 6) is 0.134. The van der Waals surface area contributed by atoms with E-state index in [-0.39, 0.29) is 12.2 Å². The van der Waals surface area contributed by atoms with Gasteiger partial charge in [0.1, 0.15) is 5.75 Å². The summed E-state index contributed by atoms with van der Waals surface area (Å²) in [6.45, 7) is 2.54. The molecule has 6 aromatic rings. The van der Waals surface area contributed by atoms with Gasteiger partial charge in [-0.05, 0) is 54.5 Å². The smallest absolute Gasteiger partial charge is 0.338 e. The van der Waals surface area contributed by atoms with Crippen LogP contribution in [-0.2, 0) is 16.1 Å². The number of para-hydroxylation sites is 1. The number of fused-ring (bicyclic) bond motifs is 2. The van der Waals surface area contributed by atoms with Gasteiger partial charge < -0.3 is 14.0 Å². The molecule has 8 nitrogen and oxygen atoms in total. The fourth-order valence-corrected chi connectivity index (χ4v) is 7.08. The van der Waals surface area contributed by atoms with Crippen molar-refractivity contribution in [2.24, 2.45) is 4.99 Å². The molecule has 2 aromatic heterocycles. The van der Waals surface area contributed by atoms with Crippen LogP contribution in [0.3, 0.4) is 0 Å². The number of methoxy groups -OCH3 is 1. The molecule has 0 saturated heterocycles. The first kappa shape index (κ1) is 30.7. The van der Waals surface area contributed by atoms with Gasteiger partial charge in [0.25, 0.3) is 5.56 Å². The van der Waals surface area contributed by atoms with Crippen LogP contribution in [0.2, 0.25) is 0 Å². The first-order valence-electron chi connectivity index (χ1n) is 15.5. The minimum absolute atomic E-state index is 0.177. The standard InChI is InChI=1S/C39H30N4O4S/c1-3-47-38(45)34-35(27-9-5-4-6-10-27)41-39-43(36(34)28-17-19-30(46-2)20-18-28)37(44)33(48-39)21-29-24-42(32-12-8-7-11-31(29)32)23-26-15-13-25(22-40)14-16-26/h4-21,24,36H,3,23H2,1-2H3/b33-21-/t36-/m0/s1. The summed E-state index contributed by atoms with van der Waals surface area (Å²) in [4.78, 5) is 33.6. The quantitative estimate of drug-likeness (QED) is 0.194. The van der Waals surface area contributed by atoms with E-state index in [2.05, 4.69) is 16.7 Å². The number of esters is 1. The lowest BCUT2D eigenvalue weighted by atomic mass is 9.93. The van der Waals surface area contributed by atoms with E-state index in [4.69, 9.17) is 14.5 Å². The molecule has 0 unspecified atom stereocenters. The predicted molar refractivity (Wildman–Crippen MR) is 186 cm³/mol. The van der Waals surface area contributed by atoms with Crippen molar-refractivity contribution in [3.05, 3.63) is 162 Å². The number of nitrogens with zero attached hydrogens (tertiary/aromatic N) is 4. The van der Waals surface area contributed by atoms with Gasteiger partial charge in [0.15, 0.2) is 4.80 Å². The Morgan fingerprint density at radius 1 is 0.979 bits per heavy atom. The summed E-state index contributed by atoms with van der Waals surface area (Å²) < 4.78 is 15.2. The van der Waals surface area contributed by atoms with Gasteiger partial charge in [-0.15, -0.1) is 0 Å². The van der Waals surface area contributed by atoms with E-state index in [1.54, 1.807) is 18.6 Å². The zero-order valence-electron chi connectivity index (χ0n) is 26.3. The highest BCUT2D eigenvalue weighted by atomic mass is 32.1. The average Bonchev–Trinajstić information content (AvgIpc) is 3.64. The molecule has 0 spiro atoms. The Labute approximate surface area is 280 Å². The molecular formula is C39H30N4O4S. The van der Waals surface area contributed by atoms with Gasteiger partial charge >= 0.3 is 5.97 Å². The highest BCUT2D eigenvalue weighted by Gasteiger charge is 2.35. The molecule has 48 heavy (non-hydrogen) atoms. The number of carbonyl (C=O) groups is 1. The molecule has 0 N–H and O–H groups in total. The van der Waals surface area contributed by atoms with E-state index in [0.717, 1.165) is 33.2 Å². The van der Waals surface area contributed by atoms with Gasteiger partial charge in [-0.3, -0.25) is 9.36 Å². The maximum atomic E-state index is 14.4. The monoisotopic (exact) mass is 650 g/mol. The molecule has 0 bridgehead atoms. The first-order chi connectivity index (χ1) is 23.5. The van der Waals surface area contributed by atoms with Crippen molar-refractivity contribution in [3.63, 3.8) is 0 Å². The van der Waals surface area contributed by atoms with Crippen molar-refractivity contribution in [3.8, 4) is 11.8 Å². The molecule has 0 aliphatic carbocycles. The van der Waals surface area contributed by atoms with E-state index in [1.807, 2.05) is 109 Å². The number of thiazole rings is 1. The van der Waals surface area contributed by atoms with Crippen LogP contribution in [0.1, 0.15) is 40.8 Å². The van der Waals surface area contributed by atoms with E-state index < -0.39 is 12.0 Å². The Morgan fingerprint density at radius 2 is 1.71 bits per heavy atom. The molecule has 0 radical (unpaired) electrons. The van der Waals surface area contributed by atoms with E-state index in [9.17, 15) is 14.9 Å². The van der Waals surface area contributed by atoms with Crippen LogP contribution in [0.4, 0.5) is 0 Å². The zero-order chi connectivity index (χ0) is 33.2. The SMILES string of the molecule is CCOC(=O)C1=C(c2ccccc2)N=c2s/c(=C\c3cn(Cc4ccc(C#N)cc4)c4ccccc34)c(=O)n2[C@H]1c1ccc(OC)cc1. The molecule has 3 heterocycles. The first-order valence-corrected chi connectivity index (χ1v) is 16.3. The molecule has 1 aliphatic rings. The maximum Gasteiger partial charge on any atom is 0.338 e. The van der Waals surface area contributed by atoms with Gasteiger partial charge in [-0.1, -0.05) is 84.1 Å². The van der Waals surface area contributed by atoms with Crippen molar-refractivity contribution in [2.45, 2.75) is 19.5 Å². The fourth-order valence-electron chi connectivity index (χ4n) is 6.09. The lowest BCUT2D eigenvalue weighted by Gasteiger charge is -2.26. The highest BCUT2D eigenvalue weighted by Crippen LogP contribution is 2.35. The van der Waals surface area contributed by atoms with Gasteiger partial charge in [0, 0.05) is 34.8 Å². The minimum atomic E-state index is -0.777. The van der Waals surface area contributed by atoms with Crippen LogP contribution in [0.25, 0.3) is 22.7 Å². The van der Waals surface area contributed by atoms with Gasteiger partial charge in [-0.2, -0.15) is 5.26 Å². The van der Waals surface area contributed by atoms with E-state index in [1.165, 1.54) is 11.3 Å². The molecule has 236 valence electrons. The third-order valence-corrected chi connectivity index (χ3v) is 9.33. The Bertz CT molecular complexity index is 2410. The Kier molecular flexibility index (Phi) is 8.32. The molecule has 1 aliphatic heterocycles. The molecule has 7 rings (SSSR count). The predicted octanol–water partition coefficient (Wildman–Crippen LogP) is 5.82. The van der Waals surface area contributed by atoms with Crippen molar-refractivity contribution < 1.29 is 14.3 Å². The van der Waals surface area contributed by atoms with Crippen LogP contribution in [0, 0.1) is 11.3 Å². The molecular weight excluding hydrogens is 621 g/mol. The molecule has 9 heteroatoms. The largest absolute Gasteiger partial charge is 0.497 e. The van der Waals surface area contributed by atoms with Crippen LogP contribution in [-0.4, -0.2) is 28.8 Å². The summed E-state index contributed by atoms with van der Waals surface area (Å²) >= 11 is 1.29. The number of rotatable bonds is 8. The van der Waals surface area contributed by atoms with Crippen molar-refractivity contribution in [1.29, 1.82) is 5.26 Å². The molecule has 1 atom stereocenters. The van der Waals surface area contributed by atoms with Gasteiger partial charge in [0.2, 0.25) is 0 Å². The van der Waals surface area contributed by atoms with Crippen LogP contribution in [0.5, 0.6) is 5.75 Å². The van der Waals surface area contributed by atoms with Crippen LogP contribution >= 0.6 is 11.3 Å². The Hall–Kier alpha value is -5.98. The van der Waals surface area contributed by atoms with Crippen molar-refractivity contribution in [2.75, 3.05) is 13.7 Å². The summed E-state index contributed by atoms with van der Waals surface area (Å²) in [7, 11) is 1.59. The second kappa shape index (κ2) is 13.0. The summed E-state index contributed by atoms with van der Waals surface area (Å²) in [6, 6.07) is 33.9. The number of hydrogen-bond donors (Lipinski definition) is 0. The third kappa shape index (κ3) is 5.63. The number of benzene rings is 4. The minimum Gasteiger partial charge on any atom is -0.497 e. The summed E-state index contributed by atoms with van der Waals surface area (Å²) in [5, 5.41) is 10.2. The topological polar surface area (TPSA) is 98.6 Å². The molecule has 0 amide bonds. The summed E-state index contributed by atoms with van der Waals surface area (Å²) in [6.07, 6.45) is 3.95. The van der Waals surface area contributed by atoms with Gasteiger partial charge in [0.05, 0.1) is 47.2 Å². The van der Waals surface area contributed by atoms with Crippen molar-refractivity contribution in [1.82, 2.24) is 9.13 Å². The third-order valence-electron chi connectivity index (χ3n) is 8.35. The Balaban J connectivity index is 1.43. The number of nitriles is 1. The van der Waals surface area contributed by atoms with Crippen LogP contribution in [0.15, 0.2) is 125 Å². The lowest BCUT2D eigenvalue weighted by molar-refractivity contribution is -0.138. The maximum absolute atomic E-state index is 14.4. The molecule has 0 saturated carbocycles. The second-order valence-corrected chi connectivity index (χ2v) is 12.3. The number of hydrogen-bond acceptors (Lipinski definition) is 7. The second-order valence-electron chi connectivity index (χ2n) is 11.2. The van der Waals surface area contributed by atoms with E-state index in [0.29, 0.717) is 38.5 Å². The zero-order valence-corrected chi connectivity index (χ0v) is 27.1. The summed E-state index contributed by atoms with van der Waals surface area (Å²) in [5.41, 5.74) is 5.58. The normalized spacial score (nSPS) is 14.4. The fraction of sp³-hybridized carbons (Fsp3) is 0.128. The molecule has 4 aromatic carbocycles. The van der Waals surface area contributed by atoms with Gasteiger partial charge in [-0.25, -0.2) is 9.79 Å². The van der Waals surface area contributed by atoms with Crippen molar-refractivity contribution >= 4 is 40.0 Å². The van der Waals surface area contributed by atoms with E-state index >= 15 is 0 Å². The molecule has 0 fully saturated rings. The Morgan fingerprint density at radius 3 is 2.42 bits per heavy atom. The lowest BCUT2D eigenvalue weighted by Crippen LogP contribution is -2.40. The highest BCUT2D eigenvalue weighted by molar-refractivity contribution is 7.07. The number of carbonyl (C=O) groups excluding carboxylic acids is 1.